The zero-order valence-electron chi connectivity index (χ0n) is 14.7. The normalized spacial score (nSPS) is 18.3. The third-order valence-electron chi connectivity index (χ3n) is 4.94. The van der Waals surface area contributed by atoms with Crippen LogP contribution in [0.4, 0.5) is 0 Å². The molecule has 1 aliphatic carbocycles. The minimum Gasteiger partial charge on any atom is -0.356 e. The van der Waals surface area contributed by atoms with Gasteiger partial charge in [0.1, 0.15) is 0 Å². The van der Waals surface area contributed by atoms with E-state index in [0.717, 1.165) is 25.6 Å². The second-order valence-electron chi connectivity index (χ2n) is 6.70. The van der Waals surface area contributed by atoms with Gasteiger partial charge in [0.2, 0.25) is 0 Å². The highest BCUT2D eigenvalue weighted by Crippen LogP contribution is 2.40. The number of hydrogen-bond donors (Lipinski definition) is 2. The van der Waals surface area contributed by atoms with Crippen LogP contribution >= 0.6 is 24.0 Å². The fourth-order valence-electron chi connectivity index (χ4n) is 3.34. The Morgan fingerprint density at radius 2 is 2.09 bits per heavy atom. The van der Waals surface area contributed by atoms with Crippen LogP contribution < -0.4 is 10.6 Å². The van der Waals surface area contributed by atoms with Crippen LogP contribution in [0.5, 0.6) is 0 Å². The van der Waals surface area contributed by atoms with E-state index in [0.29, 0.717) is 11.3 Å². The maximum Gasteiger partial charge on any atom is 0.191 e. The van der Waals surface area contributed by atoms with Gasteiger partial charge in [0, 0.05) is 39.1 Å². The Kier molecular flexibility index (Phi) is 8.94. The molecule has 1 saturated carbocycles. The van der Waals surface area contributed by atoms with Gasteiger partial charge in [0.05, 0.1) is 0 Å². The smallest absolute Gasteiger partial charge is 0.191 e. The first-order chi connectivity index (χ1) is 10.7. The summed E-state index contributed by atoms with van der Waals surface area (Å²) in [5.74, 6) is 1.43. The number of aliphatic imine (C=N–C) groups is 1. The van der Waals surface area contributed by atoms with Crippen molar-refractivity contribution >= 4 is 29.9 Å². The average Bonchev–Trinajstić information content (AvgIpc) is 3.19. The lowest BCUT2D eigenvalue weighted by atomic mass is 9.83. The Morgan fingerprint density at radius 3 is 2.65 bits per heavy atom. The van der Waals surface area contributed by atoms with E-state index in [2.05, 4.69) is 34.6 Å². The molecule has 5 nitrogen and oxygen atoms in total. The van der Waals surface area contributed by atoms with Gasteiger partial charge < -0.3 is 10.6 Å². The minimum atomic E-state index is 0. The number of aromatic nitrogens is 2. The lowest BCUT2D eigenvalue weighted by molar-refractivity contribution is 0.283. The van der Waals surface area contributed by atoms with E-state index in [1.54, 1.807) is 0 Å². The highest BCUT2D eigenvalue weighted by molar-refractivity contribution is 14.0. The van der Waals surface area contributed by atoms with Crippen LogP contribution in [0, 0.1) is 11.3 Å². The van der Waals surface area contributed by atoms with Crippen molar-refractivity contribution in [3.63, 3.8) is 0 Å². The molecule has 132 valence electrons. The fourth-order valence-corrected chi connectivity index (χ4v) is 3.34. The summed E-state index contributed by atoms with van der Waals surface area (Å²) in [4.78, 5) is 4.36. The maximum atomic E-state index is 4.36. The number of halogens is 1. The number of hydrogen-bond acceptors (Lipinski definition) is 2. The molecule has 0 bridgehead atoms. The minimum absolute atomic E-state index is 0. The molecule has 0 spiro atoms. The summed E-state index contributed by atoms with van der Waals surface area (Å²) in [6.07, 6.45) is 10.5. The van der Waals surface area contributed by atoms with E-state index in [-0.39, 0.29) is 24.0 Å². The first-order valence-corrected chi connectivity index (χ1v) is 8.59. The number of nitrogens with zero attached hydrogens (tertiary/aromatic N) is 3. The van der Waals surface area contributed by atoms with Gasteiger partial charge in [-0.1, -0.05) is 26.7 Å². The van der Waals surface area contributed by atoms with Crippen molar-refractivity contribution in [1.29, 1.82) is 0 Å². The average molecular weight is 433 g/mol. The molecule has 1 aromatic rings. The Balaban J connectivity index is 0.00000264. The molecule has 2 rings (SSSR count). The Hall–Kier alpha value is -0.790. The van der Waals surface area contributed by atoms with Crippen LogP contribution in [0.3, 0.4) is 0 Å². The molecule has 6 heteroatoms. The van der Waals surface area contributed by atoms with E-state index in [1.807, 2.05) is 30.2 Å². The van der Waals surface area contributed by atoms with Crippen molar-refractivity contribution in [3.05, 3.63) is 18.5 Å². The second kappa shape index (κ2) is 10.2. The molecule has 0 aliphatic heterocycles. The Labute approximate surface area is 157 Å². The summed E-state index contributed by atoms with van der Waals surface area (Å²) < 4.78 is 1.98. The summed E-state index contributed by atoms with van der Waals surface area (Å²) in [7, 11) is 1.85. The lowest BCUT2D eigenvalue weighted by Crippen LogP contribution is -2.44. The molecule has 2 N–H and O–H groups in total. The summed E-state index contributed by atoms with van der Waals surface area (Å²) >= 11 is 0. The van der Waals surface area contributed by atoms with E-state index < -0.39 is 0 Å². The van der Waals surface area contributed by atoms with Crippen LogP contribution in [-0.2, 0) is 6.54 Å². The first-order valence-electron chi connectivity index (χ1n) is 8.59. The molecule has 1 aliphatic rings. The lowest BCUT2D eigenvalue weighted by Gasteiger charge is -2.28. The topological polar surface area (TPSA) is 54.2 Å². The second-order valence-corrected chi connectivity index (χ2v) is 6.70. The zero-order valence-corrected chi connectivity index (χ0v) is 17.0. The third-order valence-corrected chi connectivity index (χ3v) is 4.94. The van der Waals surface area contributed by atoms with Crippen molar-refractivity contribution in [3.8, 4) is 0 Å². The molecule has 23 heavy (non-hydrogen) atoms. The van der Waals surface area contributed by atoms with E-state index in [1.165, 1.54) is 32.1 Å². The highest BCUT2D eigenvalue weighted by Gasteiger charge is 2.31. The first kappa shape index (κ1) is 20.3. The van der Waals surface area contributed by atoms with Crippen LogP contribution in [0.25, 0.3) is 0 Å². The summed E-state index contributed by atoms with van der Waals surface area (Å²) in [6.45, 7) is 7.41. The largest absolute Gasteiger partial charge is 0.356 e. The van der Waals surface area contributed by atoms with E-state index >= 15 is 0 Å². The molecule has 1 fully saturated rings. The van der Waals surface area contributed by atoms with Gasteiger partial charge in [0.15, 0.2) is 5.96 Å². The van der Waals surface area contributed by atoms with Crippen molar-refractivity contribution in [2.75, 3.05) is 20.1 Å². The summed E-state index contributed by atoms with van der Waals surface area (Å²) in [5.41, 5.74) is 0.484. The molecule has 0 saturated heterocycles. The molecular weight excluding hydrogens is 401 g/mol. The molecule has 0 amide bonds. The molecule has 1 unspecified atom stereocenters. The predicted octanol–water partition coefficient (Wildman–Crippen LogP) is 3.27. The molecule has 0 radical (unpaired) electrons. The zero-order chi connectivity index (χ0) is 15.8. The van der Waals surface area contributed by atoms with Crippen LogP contribution in [0.15, 0.2) is 23.5 Å². The molecule has 0 aromatic carbocycles. The standard InChI is InChI=1S/C17H31N5.HI/c1-4-17(8-5-6-9-17)14-20-16(18-3)19-12-15(2)13-22-11-7-10-21-22;/h7,10-11,15H,4-6,8-9,12-14H2,1-3H3,(H2,18,19,20);1H. The molecular formula is C17H32IN5. The van der Waals surface area contributed by atoms with Gasteiger partial charge in [-0.2, -0.15) is 5.10 Å². The molecule has 1 atom stereocenters. The molecule has 1 aromatic heterocycles. The van der Waals surface area contributed by atoms with Crippen molar-refractivity contribution in [1.82, 2.24) is 20.4 Å². The summed E-state index contributed by atoms with van der Waals surface area (Å²) in [6, 6.07) is 1.96. The van der Waals surface area contributed by atoms with Gasteiger partial charge >= 0.3 is 0 Å². The van der Waals surface area contributed by atoms with Crippen LogP contribution in [0.1, 0.15) is 46.0 Å². The number of nitrogens with one attached hydrogen (secondary N) is 2. The maximum absolute atomic E-state index is 4.36. The fraction of sp³-hybridized carbons (Fsp3) is 0.765. The monoisotopic (exact) mass is 433 g/mol. The van der Waals surface area contributed by atoms with Crippen LogP contribution in [-0.4, -0.2) is 35.9 Å². The third kappa shape index (κ3) is 6.31. The van der Waals surface area contributed by atoms with Gasteiger partial charge in [-0.05, 0) is 36.7 Å². The SMILES string of the molecule is CCC1(CNC(=NC)NCC(C)Cn2cccn2)CCCC1.I. The van der Waals surface area contributed by atoms with Crippen LogP contribution in [0.2, 0.25) is 0 Å². The van der Waals surface area contributed by atoms with Crippen molar-refractivity contribution in [2.45, 2.75) is 52.5 Å². The van der Waals surface area contributed by atoms with Crippen molar-refractivity contribution in [2.24, 2.45) is 16.3 Å². The molecule has 1 heterocycles. The van der Waals surface area contributed by atoms with Gasteiger partial charge in [-0.25, -0.2) is 0 Å². The van der Waals surface area contributed by atoms with E-state index in [4.69, 9.17) is 0 Å². The Bertz CT molecular complexity index is 452. The Morgan fingerprint density at radius 1 is 1.35 bits per heavy atom. The van der Waals surface area contributed by atoms with Crippen molar-refractivity contribution < 1.29 is 0 Å². The number of rotatable bonds is 7. The quantitative estimate of drug-likeness (QED) is 0.394. The van der Waals surface area contributed by atoms with Gasteiger partial charge in [-0.15, -0.1) is 24.0 Å². The van der Waals surface area contributed by atoms with Gasteiger partial charge in [-0.3, -0.25) is 9.67 Å². The predicted molar refractivity (Wildman–Crippen MR) is 107 cm³/mol. The summed E-state index contributed by atoms with van der Waals surface area (Å²) in [5, 5.41) is 11.2. The highest BCUT2D eigenvalue weighted by atomic mass is 127. The number of guanidine groups is 1. The van der Waals surface area contributed by atoms with Gasteiger partial charge in [0.25, 0.3) is 0 Å². The van der Waals surface area contributed by atoms with E-state index in [9.17, 15) is 0 Å².